The van der Waals surface area contributed by atoms with E-state index in [0.29, 0.717) is 31.6 Å². The topological polar surface area (TPSA) is 102 Å². The number of nitrogens with two attached hydrogens (primary N) is 1. The largest absolute Gasteiger partial charge is 0.492 e. The standard InChI is InChI=1S/C19H23FNO5PS/c1-19(21,14-26-27(22,23)24)11-10-18-9-8-17(28-18)7-2-3-12-25-16-6-4-5-15(20)13-16/h4-6,8-9,13H,3,10-12,14,21H2,1H3,(H2,22,23,24). The number of ether oxygens (including phenoxy) is 1. The lowest BCUT2D eigenvalue weighted by Crippen LogP contribution is -2.41. The molecule has 0 aliphatic carbocycles. The molecule has 4 N–H and O–H groups in total. The summed E-state index contributed by atoms with van der Waals surface area (Å²) in [5.41, 5.74) is 5.18. The number of hydrogen-bond acceptors (Lipinski definition) is 5. The third kappa shape index (κ3) is 8.98. The number of aryl methyl sites for hydroxylation is 1. The van der Waals surface area contributed by atoms with Gasteiger partial charge in [-0.3, -0.25) is 4.52 Å². The van der Waals surface area contributed by atoms with Crippen LogP contribution in [-0.2, 0) is 15.5 Å². The van der Waals surface area contributed by atoms with Gasteiger partial charge >= 0.3 is 7.82 Å². The predicted molar refractivity (Wildman–Crippen MR) is 107 cm³/mol. The Hall–Kier alpha value is -1.72. The van der Waals surface area contributed by atoms with Crippen molar-refractivity contribution in [3.05, 3.63) is 52.0 Å². The van der Waals surface area contributed by atoms with Crippen LogP contribution in [-0.4, -0.2) is 28.5 Å². The summed E-state index contributed by atoms with van der Waals surface area (Å²) in [6, 6.07) is 9.85. The molecule has 0 bridgehead atoms. The van der Waals surface area contributed by atoms with E-state index in [4.69, 9.17) is 20.3 Å². The molecule has 28 heavy (non-hydrogen) atoms. The minimum atomic E-state index is -4.52. The highest BCUT2D eigenvalue weighted by atomic mass is 32.1. The minimum absolute atomic E-state index is 0.222. The zero-order valence-corrected chi connectivity index (χ0v) is 17.1. The molecule has 0 aliphatic rings. The molecular weight excluding hydrogens is 404 g/mol. The third-order valence-corrected chi connectivity index (χ3v) is 5.20. The van der Waals surface area contributed by atoms with Gasteiger partial charge in [0.1, 0.15) is 11.6 Å². The van der Waals surface area contributed by atoms with Gasteiger partial charge in [-0.15, -0.1) is 11.3 Å². The normalized spacial score (nSPS) is 13.5. The van der Waals surface area contributed by atoms with Crippen LogP contribution >= 0.6 is 19.2 Å². The minimum Gasteiger partial charge on any atom is -0.492 e. The van der Waals surface area contributed by atoms with Gasteiger partial charge < -0.3 is 20.3 Å². The van der Waals surface area contributed by atoms with E-state index < -0.39 is 13.4 Å². The first-order valence-corrected chi connectivity index (χ1v) is 10.9. The molecular formula is C19H23FNO5PS. The molecule has 0 saturated heterocycles. The van der Waals surface area contributed by atoms with Crippen LogP contribution in [0.1, 0.15) is 29.5 Å². The van der Waals surface area contributed by atoms with Gasteiger partial charge in [0, 0.05) is 22.9 Å². The molecule has 6 nitrogen and oxygen atoms in total. The SMILES string of the molecule is CC(N)(CCc1ccc(C#CCCOc2cccc(F)c2)s1)COP(=O)(O)O. The van der Waals surface area contributed by atoms with Crippen molar-refractivity contribution in [1.29, 1.82) is 0 Å². The van der Waals surface area contributed by atoms with E-state index in [2.05, 4.69) is 16.4 Å². The monoisotopic (exact) mass is 427 g/mol. The van der Waals surface area contributed by atoms with E-state index in [1.807, 2.05) is 12.1 Å². The summed E-state index contributed by atoms with van der Waals surface area (Å²) in [6.45, 7) is 1.84. The summed E-state index contributed by atoms with van der Waals surface area (Å²) in [6.07, 6.45) is 1.69. The van der Waals surface area contributed by atoms with Crippen LogP contribution in [0.2, 0.25) is 0 Å². The molecule has 0 saturated carbocycles. The van der Waals surface area contributed by atoms with E-state index in [1.165, 1.54) is 23.5 Å². The maximum absolute atomic E-state index is 13.0. The summed E-state index contributed by atoms with van der Waals surface area (Å²) in [5.74, 6) is 6.22. The van der Waals surface area contributed by atoms with Crippen molar-refractivity contribution in [3.63, 3.8) is 0 Å². The molecule has 0 fully saturated rings. The molecule has 0 amide bonds. The molecule has 1 heterocycles. The van der Waals surface area contributed by atoms with Gasteiger partial charge in [0.25, 0.3) is 0 Å². The number of hydrogen-bond donors (Lipinski definition) is 3. The second-order valence-corrected chi connectivity index (χ2v) is 8.95. The summed E-state index contributed by atoms with van der Waals surface area (Å²) in [4.78, 5) is 19.5. The van der Waals surface area contributed by atoms with Crippen LogP contribution in [0.15, 0.2) is 36.4 Å². The number of halogens is 1. The first-order valence-electron chi connectivity index (χ1n) is 8.58. The number of phosphoric ester groups is 1. The van der Waals surface area contributed by atoms with E-state index in [9.17, 15) is 8.96 Å². The van der Waals surface area contributed by atoms with E-state index >= 15 is 0 Å². The summed E-state index contributed by atoms with van der Waals surface area (Å²) in [7, 11) is -4.52. The Labute approximate surface area is 167 Å². The molecule has 0 radical (unpaired) electrons. The molecule has 1 aromatic heterocycles. The highest BCUT2D eigenvalue weighted by Crippen LogP contribution is 2.37. The maximum Gasteiger partial charge on any atom is 0.469 e. The van der Waals surface area contributed by atoms with Crippen molar-refractivity contribution in [2.45, 2.75) is 31.7 Å². The molecule has 1 atom stereocenters. The maximum atomic E-state index is 13.0. The van der Waals surface area contributed by atoms with E-state index in [1.54, 1.807) is 19.1 Å². The molecule has 0 aliphatic heterocycles. The average molecular weight is 427 g/mol. The Kier molecular flexibility index (Phi) is 8.20. The van der Waals surface area contributed by atoms with Crippen LogP contribution in [0.5, 0.6) is 5.75 Å². The van der Waals surface area contributed by atoms with E-state index in [0.717, 1.165) is 9.75 Å². The molecule has 0 spiro atoms. The highest BCUT2D eigenvalue weighted by Gasteiger charge is 2.24. The first kappa shape index (κ1) is 22.6. The zero-order chi connectivity index (χ0) is 20.6. The van der Waals surface area contributed by atoms with Crippen LogP contribution in [0.3, 0.4) is 0 Å². The van der Waals surface area contributed by atoms with Gasteiger partial charge in [-0.2, -0.15) is 0 Å². The lowest BCUT2D eigenvalue weighted by molar-refractivity contribution is 0.154. The molecule has 2 aromatic rings. The van der Waals surface area contributed by atoms with E-state index in [-0.39, 0.29) is 12.4 Å². The third-order valence-electron chi connectivity index (χ3n) is 3.67. The number of phosphoric acid groups is 1. The van der Waals surface area contributed by atoms with Crippen molar-refractivity contribution >= 4 is 19.2 Å². The lowest BCUT2D eigenvalue weighted by atomic mass is 9.98. The quantitative estimate of drug-likeness (QED) is 0.322. The van der Waals surface area contributed by atoms with Crippen LogP contribution < -0.4 is 10.5 Å². The second-order valence-electron chi connectivity index (χ2n) is 6.54. The van der Waals surface area contributed by atoms with Gasteiger partial charge in [-0.1, -0.05) is 17.9 Å². The Morgan fingerprint density at radius 2 is 2.11 bits per heavy atom. The Balaban J connectivity index is 1.75. The lowest BCUT2D eigenvalue weighted by Gasteiger charge is -2.24. The second kappa shape index (κ2) is 10.2. The van der Waals surface area contributed by atoms with Gasteiger partial charge in [0.05, 0.1) is 18.1 Å². The number of rotatable bonds is 9. The Morgan fingerprint density at radius 3 is 2.82 bits per heavy atom. The fourth-order valence-electron chi connectivity index (χ4n) is 2.22. The number of thiophene rings is 1. The first-order chi connectivity index (χ1) is 13.1. The summed E-state index contributed by atoms with van der Waals surface area (Å²) < 4.78 is 33.7. The van der Waals surface area contributed by atoms with Crippen molar-refractivity contribution < 1.29 is 28.0 Å². The molecule has 1 unspecified atom stereocenters. The Bertz CT molecular complexity index is 884. The van der Waals surface area contributed by atoms with Gasteiger partial charge in [-0.25, -0.2) is 8.96 Å². The van der Waals surface area contributed by atoms with Crippen LogP contribution in [0, 0.1) is 17.7 Å². The molecule has 1 aromatic carbocycles. The number of benzene rings is 1. The molecule has 152 valence electrons. The molecule has 2 rings (SSSR count). The Morgan fingerprint density at radius 1 is 1.32 bits per heavy atom. The predicted octanol–water partition coefficient (Wildman–Crippen LogP) is 3.47. The van der Waals surface area contributed by atoms with Gasteiger partial charge in [0.2, 0.25) is 0 Å². The van der Waals surface area contributed by atoms with Crippen LogP contribution in [0.25, 0.3) is 0 Å². The molecule has 9 heteroatoms. The van der Waals surface area contributed by atoms with Crippen molar-refractivity contribution in [2.75, 3.05) is 13.2 Å². The van der Waals surface area contributed by atoms with Crippen molar-refractivity contribution in [2.24, 2.45) is 5.73 Å². The fraction of sp³-hybridized carbons (Fsp3) is 0.368. The average Bonchev–Trinajstić information content (AvgIpc) is 3.06. The summed E-state index contributed by atoms with van der Waals surface area (Å²) in [5, 5.41) is 0. The zero-order valence-electron chi connectivity index (χ0n) is 15.4. The smallest absolute Gasteiger partial charge is 0.469 e. The summed E-state index contributed by atoms with van der Waals surface area (Å²) >= 11 is 1.54. The fourth-order valence-corrected chi connectivity index (χ4v) is 3.56. The van der Waals surface area contributed by atoms with Gasteiger partial charge in [0.15, 0.2) is 0 Å². The van der Waals surface area contributed by atoms with Crippen molar-refractivity contribution in [3.8, 4) is 17.6 Å². The van der Waals surface area contributed by atoms with Gasteiger partial charge in [-0.05, 0) is 44.0 Å². The highest BCUT2D eigenvalue weighted by molar-refractivity contribution is 7.46. The van der Waals surface area contributed by atoms with Crippen molar-refractivity contribution in [1.82, 2.24) is 0 Å². The van der Waals surface area contributed by atoms with Crippen LogP contribution in [0.4, 0.5) is 4.39 Å².